The van der Waals surface area contributed by atoms with Gasteiger partial charge in [-0.25, -0.2) is 14.5 Å². The van der Waals surface area contributed by atoms with Crippen LogP contribution in [0.1, 0.15) is 11.6 Å². The highest BCUT2D eigenvalue weighted by Gasteiger charge is 2.29. The summed E-state index contributed by atoms with van der Waals surface area (Å²) < 4.78 is 4.89. The molecule has 0 saturated carbocycles. The number of nitrogens with one attached hydrogen (secondary N) is 2. The van der Waals surface area contributed by atoms with E-state index in [-0.39, 0.29) is 12.6 Å². The molecule has 1 aliphatic heterocycles. The van der Waals surface area contributed by atoms with Crippen molar-refractivity contribution in [3.8, 4) is 6.19 Å². The van der Waals surface area contributed by atoms with E-state index in [0.29, 0.717) is 11.1 Å². The summed E-state index contributed by atoms with van der Waals surface area (Å²) in [6, 6.07) is 4.46. The first-order valence-electron chi connectivity index (χ1n) is 5.28. The molecule has 1 unspecified atom stereocenters. The number of fused-ring (bicyclic) bond motifs is 1. The van der Waals surface area contributed by atoms with Gasteiger partial charge >= 0.3 is 11.8 Å². The highest BCUT2D eigenvalue weighted by molar-refractivity contribution is 5.79. The smallest absolute Gasteiger partial charge is 0.408 e. The minimum atomic E-state index is -0.517. The van der Waals surface area contributed by atoms with Crippen LogP contribution in [0.3, 0.4) is 0 Å². The van der Waals surface area contributed by atoms with Crippen LogP contribution in [0.4, 0.5) is 4.79 Å². The van der Waals surface area contributed by atoms with Crippen molar-refractivity contribution < 1.29 is 9.21 Å². The van der Waals surface area contributed by atoms with Crippen molar-refractivity contribution in [3.05, 3.63) is 34.3 Å². The molecule has 2 aromatic rings. The Kier molecular flexibility index (Phi) is 2.10. The van der Waals surface area contributed by atoms with Gasteiger partial charge in [0.25, 0.3) is 0 Å². The second-order valence-electron chi connectivity index (χ2n) is 3.98. The van der Waals surface area contributed by atoms with Gasteiger partial charge in [0.1, 0.15) is 0 Å². The molecule has 2 amide bonds. The van der Waals surface area contributed by atoms with Crippen LogP contribution in [0.5, 0.6) is 0 Å². The number of carbonyl (C=O) groups is 1. The largest absolute Gasteiger partial charge is 0.417 e. The number of aromatic amines is 1. The minimum Gasteiger partial charge on any atom is -0.408 e. The van der Waals surface area contributed by atoms with Crippen molar-refractivity contribution in [1.29, 1.82) is 5.26 Å². The van der Waals surface area contributed by atoms with Crippen LogP contribution in [-0.2, 0) is 0 Å². The van der Waals surface area contributed by atoms with Gasteiger partial charge in [0.15, 0.2) is 11.8 Å². The fraction of sp³-hybridized carbons (Fsp3) is 0.182. The Morgan fingerprint density at radius 2 is 2.28 bits per heavy atom. The number of amides is 2. The normalized spacial score (nSPS) is 18.9. The Balaban J connectivity index is 1.98. The summed E-state index contributed by atoms with van der Waals surface area (Å²) in [5.74, 6) is -0.517. The Morgan fingerprint density at radius 3 is 3.00 bits per heavy atom. The molecule has 90 valence electrons. The number of aromatic nitrogens is 1. The maximum absolute atomic E-state index is 11.4. The topological polar surface area (TPSA) is 102 Å². The summed E-state index contributed by atoms with van der Waals surface area (Å²) in [5.41, 5.74) is 1.85. The van der Waals surface area contributed by atoms with E-state index in [9.17, 15) is 9.59 Å². The molecule has 0 radical (unpaired) electrons. The fourth-order valence-electron chi connectivity index (χ4n) is 2.00. The van der Waals surface area contributed by atoms with Crippen molar-refractivity contribution in [1.82, 2.24) is 15.2 Å². The van der Waals surface area contributed by atoms with Gasteiger partial charge in [0.2, 0.25) is 0 Å². The lowest BCUT2D eigenvalue weighted by Gasteiger charge is -2.08. The molecule has 2 heterocycles. The first-order valence-corrected chi connectivity index (χ1v) is 5.28. The van der Waals surface area contributed by atoms with Crippen LogP contribution in [-0.4, -0.2) is 22.5 Å². The number of hydrogen-bond donors (Lipinski definition) is 2. The number of benzene rings is 1. The number of hydrogen-bond acceptors (Lipinski definition) is 4. The summed E-state index contributed by atoms with van der Waals surface area (Å²) in [5, 5.41) is 11.4. The average molecular weight is 244 g/mol. The Hall–Kier alpha value is -2.75. The lowest BCUT2D eigenvalue weighted by Crippen LogP contribution is -2.23. The predicted octanol–water partition coefficient (Wildman–Crippen LogP) is 0.668. The van der Waals surface area contributed by atoms with Gasteiger partial charge in [-0.05, 0) is 17.7 Å². The summed E-state index contributed by atoms with van der Waals surface area (Å²) in [6.45, 7) is 0.281. The number of nitrogens with zero attached hydrogens (tertiary/aromatic N) is 2. The molecule has 1 atom stereocenters. The quantitative estimate of drug-likeness (QED) is 0.719. The molecule has 7 heteroatoms. The Morgan fingerprint density at radius 1 is 1.44 bits per heavy atom. The number of urea groups is 1. The highest BCUT2D eigenvalue weighted by atomic mass is 16.4. The Labute approximate surface area is 101 Å². The molecule has 1 aromatic carbocycles. The molecule has 1 fully saturated rings. The van der Waals surface area contributed by atoms with Crippen LogP contribution in [0, 0.1) is 11.5 Å². The van der Waals surface area contributed by atoms with E-state index in [2.05, 4.69) is 10.3 Å². The molecule has 18 heavy (non-hydrogen) atoms. The van der Waals surface area contributed by atoms with Gasteiger partial charge in [-0.1, -0.05) is 6.07 Å². The number of carbonyl (C=O) groups excluding carboxylic acids is 1. The van der Waals surface area contributed by atoms with Gasteiger partial charge in [-0.15, -0.1) is 0 Å². The first kappa shape index (κ1) is 10.4. The predicted molar refractivity (Wildman–Crippen MR) is 60.4 cm³/mol. The average Bonchev–Trinajstić information content (AvgIpc) is 2.89. The first-order chi connectivity index (χ1) is 8.67. The molecule has 0 spiro atoms. The van der Waals surface area contributed by atoms with Crippen LogP contribution >= 0.6 is 0 Å². The zero-order valence-corrected chi connectivity index (χ0v) is 9.14. The number of nitriles is 1. The number of H-pyrrole nitrogens is 1. The van der Waals surface area contributed by atoms with E-state index in [1.807, 2.05) is 0 Å². The van der Waals surface area contributed by atoms with E-state index in [1.165, 1.54) is 0 Å². The summed E-state index contributed by atoms with van der Waals surface area (Å²) in [6.07, 6.45) is 1.80. The van der Waals surface area contributed by atoms with Gasteiger partial charge < -0.3 is 9.73 Å². The standard InChI is InChI=1S/C11H8N4O3/c12-5-15-4-8(13-10(15)16)6-1-2-9-7(3-6)14-11(17)18-9/h1-3,8H,4H2,(H,13,16)(H,14,17). The van der Waals surface area contributed by atoms with Crippen LogP contribution in [0.2, 0.25) is 0 Å². The zero-order valence-electron chi connectivity index (χ0n) is 9.14. The third-order valence-electron chi connectivity index (χ3n) is 2.87. The monoisotopic (exact) mass is 244 g/mol. The van der Waals surface area contributed by atoms with E-state index >= 15 is 0 Å². The maximum Gasteiger partial charge on any atom is 0.417 e. The Bertz CT molecular complexity index is 724. The van der Waals surface area contributed by atoms with E-state index in [1.54, 1.807) is 24.4 Å². The number of oxazole rings is 1. The SMILES string of the molecule is N#CN1CC(c2ccc3oc(=O)[nH]c3c2)NC1=O. The van der Waals surface area contributed by atoms with Crippen molar-refractivity contribution >= 4 is 17.1 Å². The lowest BCUT2D eigenvalue weighted by molar-refractivity contribution is 0.232. The van der Waals surface area contributed by atoms with Crippen molar-refractivity contribution in [2.24, 2.45) is 0 Å². The molecule has 0 bridgehead atoms. The zero-order chi connectivity index (χ0) is 12.7. The molecule has 2 N–H and O–H groups in total. The van der Waals surface area contributed by atoms with Gasteiger partial charge in [-0.3, -0.25) is 4.98 Å². The molecular formula is C11H8N4O3. The van der Waals surface area contributed by atoms with Crippen LogP contribution in [0.15, 0.2) is 27.4 Å². The molecule has 1 aromatic heterocycles. The van der Waals surface area contributed by atoms with Crippen LogP contribution < -0.4 is 11.1 Å². The van der Waals surface area contributed by atoms with Gasteiger partial charge in [0, 0.05) is 0 Å². The van der Waals surface area contributed by atoms with E-state index < -0.39 is 11.8 Å². The van der Waals surface area contributed by atoms with E-state index in [4.69, 9.17) is 9.68 Å². The van der Waals surface area contributed by atoms with Crippen molar-refractivity contribution in [3.63, 3.8) is 0 Å². The lowest BCUT2D eigenvalue weighted by atomic mass is 10.1. The van der Waals surface area contributed by atoms with E-state index in [0.717, 1.165) is 10.5 Å². The second-order valence-corrected chi connectivity index (χ2v) is 3.98. The van der Waals surface area contributed by atoms with Crippen molar-refractivity contribution in [2.75, 3.05) is 6.54 Å². The molecular weight excluding hydrogens is 236 g/mol. The molecule has 1 aliphatic rings. The molecule has 1 saturated heterocycles. The minimum absolute atomic E-state index is 0.264. The third kappa shape index (κ3) is 1.51. The molecule has 7 nitrogen and oxygen atoms in total. The molecule has 3 rings (SSSR count). The maximum atomic E-state index is 11.4. The third-order valence-corrected chi connectivity index (χ3v) is 2.87. The van der Waals surface area contributed by atoms with Gasteiger partial charge in [-0.2, -0.15) is 5.26 Å². The highest BCUT2D eigenvalue weighted by Crippen LogP contribution is 2.22. The summed E-state index contributed by atoms with van der Waals surface area (Å²) >= 11 is 0. The summed E-state index contributed by atoms with van der Waals surface area (Å²) in [4.78, 5) is 26.0. The van der Waals surface area contributed by atoms with Crippen LogP contribution in [0.25, 0.3) is 11.1 Å². The second kappa shape index (κ2) is 3.63. The van der Waals surface area contributed by atoms with Gasteiger partial charge in [0.05, 0.1) is 18.1 Å². The van der Waals surface area contributed by atoms with Crippen molar-refractivity contribution in [2.45, 2.75) is 6.04 Å². The fourth-order valence-corrected chi connectivity index (χ4v) is 2.00. The molecule has 0 aliphatic carbocycles. The summed E-state index contributed by atoms with van der Waals surface area (Å²) in [7, 11) is 0. The number of rotatable bonds is 1.